The van der Waals surface area contributed by atoms with E-state index in [0.717, 1.165) is 16.9 Å². The molecule has 2 aliphatic heterocycles. The summed E-state index contributed by atoms with van der Waals surface area (Å²) in [7, 11) is 0. The van der Waals surface area contributed by atoms with E-state index < -0.39 is 0 Å². The molecule has 0 spiro atoms. The number of nitrogens with zero attached hydrogens (tertiary/aromatic N) is 1. The van der Waals surface area contributed by atoms with Crippen molar-refractivity contribution >= 4 is 23.8 Å². The third kappa shape index (κ3) is 4.53. The van der Waals surface area contributed by atoms with Crippen molar-refractivity contribution in [3.8, 4) is 5.75 Å². The molecule has 0 atom stereocenters. The van der Waals surface area contributed by atoms with Gasteiger partial charge in [-0.05, 0) is 40.8 Å². The SMILES string of the molecule is CC(C)(C)c1ccccc1OC1CN(C(=O)c2ccc(C=C3CC(=O)NC3=O)cc2)C1. The van der Waals surface area contributed by atoms with Crippen molar-refractivity contribution in [2.75, 3.05) is 13.1 Å². The highest BCUT2D eigenvalue weighted by Crippen LogP contribution is 2.32. The van der Waals surface area contributed by atoms with Gasteiger partial charge in [-0.25, -0.2) is 0 Å². The van der Waals surface area contributed by atoms with Crippen LogP contribution in [0, 0.1) is 0 Å². The van der Waals surface area contributed by atoms with Gasteiger partial charge in [-0.1, -0.05) is 51.1 Å². The standard InChI is InChI=1S/C25H26N2O4/c1-25(2,3)20-6-4-5-7-21(20)31-19-14-27(15-19)24(30)17-10-8-16(9-11-17)12-18-13-22(28)26-23(18)29/h4-12,19H,13-15H2,1-3H3,(H,26,28,29). The maximum Gasteiger partial charge on any atom is 0.254 e. The molecule has 0 bridgehead atoms. The first-order valence-electron chi connectivity index (χ1n) is 10.4. The second-order valence-corrected chi connectivity index (χ2v) is 9.04. The second kappa shape index (κ2) is 8.02. The lowest BCUT2D eigenvalue weighted by molar-refractivity contribution is -0.124. The summed E-state index contributed by atoms with van der Waals surface area (Å²) in [5.74, 6) is 0.184. The minimum absolute atomic E-state index is 0.0145. The molecule has 6 heteroatoms. The highest BCUT2D eigenvalue weighted by atomic mass is 16.5. The lowest BCUT2D eigenvalue weighted by Crippen LogP contribution is -2.56. The zero-order valence-electron chi connectivity index (χ0n) is 18.0. The van der Waals surface area contributed by atoms with Gasteiger partial charge in [0.1, 0.15) is 11.9 Å². The Morgan fingerprint density at radius 1 is 1.06 bits per heavy atom. The molecule has 4 rings (SSSR count). The van der Waals surface area contributed by atoms with Crippen LogP contribution in [0.2, 0.25) is 0 Å². The molecule has 2 aromatic carbocycles. The van der Waals surface area contributed by atoms with Gasteiger partial charge in [0.2, 0.25) is 5.91 Å². The van der Waals surface area contributed by atoms with E-state index >= 15 is 0 Å². The Bertz CT molecular complexity index is 1060. The lowest BCUT2D eigenvalue weighted by atomic mass is 9.86. The van der Waals surface area contributed by atoms with Crippen molar-refractivity contribution in [1.82, 2.24) is 10.2 Å². The van der Waals surface area contributed by atoms with E-state index in [9.17, 15) is 14.4 Å². The molecule has 6 nitrogen and oxygen atoms in total. The maximum absolute atomic E-state index is 12.7. The molecule has 0 saturated carbocycles. The molecule has 2 saturated heterocycles. The van der Waals surface area contributed by atoms with Crippen LogP contribution in [-0.2, 0) is 15.0 Å². The van der Waals surface area contributed by atoms with Crippen LogP contribution in [0.1, 0.15) is 48.7 Å². The molecule has 1 N–H and O–H groups in total. The quantitative estimate of drug-likeness (QED) is 0.611. The molecule has 2 aliphatic rings. The fraction of sp³-hybridized carbons (Fsp3) is 0.320. The van der Waals surface area contributed by atoms with Crippen molar-refractivity contribution in [2.24, 2.45) is 0 Å². The Morgan fingerprint density at radius 2 is 1.74 bits per heavy atom. The summed E-state index contributed by atoms with van der Waals surface area (Å²) in [5, 5.41) is 2.26. The zero-order chi connectivity index (χ0) is 22.2. The predicted molar refractivity (Wildman–Crippen MR) is 118 cm³/mol. The van der Waals surface area contributed by atoms with Crippen LogP contribution in [0.3, 0.4) is 0 Å². The molecule has 2 aromatic rings. The average Bonchev–Trinajstić information content (AvgIpc) is 3.01. The van der Waals surface area contributed by atoms with Gasteiger partial charge in [0.25, 0.3) is 11.8 Å². The molecule has 31 heavy (non-hydrogen) atoms. The smallest absolute Gasteiger partial charge is 0.254 e. The minimum Gasteiger partial charge on any atom is -0.486 e. The van der Waals surface area contributed by atoms with Gasteiger partial charge >= 0.3 is 0 Å². The van der Waals surface area contributed by atoms with Crippen LogP contribution < -0.4 is 10.1 Å². The van der Waals surface area contributed by atoms with E-state index in [1.165, 1.54) is 0 Å². The molecular formula is C25H26N2O4. The molecule has 3 amide bonds. The summed E-state index contributed by atoms with van der Waals surface area (Å²) in [6.07, 6.45) is 1.75. The van der Waals surface area contributed by atoms with Crippen LogP contribution in [-0.4, -0.2) is 41.8 Å². The molecule has 2 heterocycles. The Kier molecular flexibility index (Phi) is 5.39. The van der Waals surface area contributed by atoms with Crippen molar-refractivity contribution in [3.63, 3.8) is 0 Å². The van der Waals surface area contributed by atoms with E-state index in [1.807, 2.05) is 18.2 Å². The third-order valence-electron chi connectivity index (χ3n) is 5.52. The topological polar surface area (TPSA) is 75.7 Å². The van der Waals surface area contributed by atoms with Gasteiger partial charge < -0.3 is 9.64 Å². The number of hydrogen-bond acceptors (Lipinski definition) is 4. The fourth-order valence-electron chi connectivity index (χ4n) is 3.77. The maximum atomic E-state index is 12.7. The van der Waals surface area contributed by atoms with Crippen LogP contribution >= 0.6 is 0 Å². The fourth-order valence-corrected chi connectivity index (χ4v) is 3.77. The normalized spacial score (nSPS) is 18.2. The summed E-state index contributed by atoms with van der Waals surface area (Å²) < 4.78 is 6.17. The second-order valence-electron chi connectivity index (χ2n) is 9.04. The molecule has 0 radical (unpaired) electrons. The number of benzene rings is 2. The molecule has 0 aromatic heterocycles. The molecule has 160 valence electrons. The Balaban J connectivity index is 1.36. The van der Waals surface area contributed by atoms with E-state index in [1.54, 1.807) is 35.2 Å². The Morgan fingerprint density at radius 3 is 2.35 bits per heavy atom. The van der Waals surface area contributed by atoms with Gasteiger partial charge in [0, 0.05) is 11.1 Å². The van der Waals surface area contributed by atoms with Crippen LogP contribution in [0.4, 0.5) is 0 Å². The number of carbonyl (C=O) groups is 3. The summed E-state index contributed by atoms with van der Waals surface area (Å²) in [5.41, 5.74) is 2.94. The van der Waals surface area contributed by atoms with E-state index in [-0.39, 0.29) is 35.7 Å². The van der Waals surface area contributed by atoms with Crippen LogP contribution in [0.5, 0.6) is 5.75 Å². The molecule has 0 aliphatic carbocycles. The number of nitrogens with one attached hydrogen (secondary N) is 1. The Hall–Kier alpha value is -3.41. The van der Waals surface area contributed by atoms with Gasteiger partial charge in [-0.2, -0.15) is 0 Å². The molecule has 0 unspecified atom stereocenters. The van der Waals surface area contributed by atoms with Gasteiger partial charge in [-0.15, -0.1) is 0 Å². The zero-order valence-corrected chi connectivity index (χ0v) is 18.0. The first-order valence-corrected chi connectivity index (χ1v) is 10.4. The highest BCUT2D eigenvalue weighted by molar-refractivity contribution is 6.15. The molecule has 2 fully saturated rings. The number of hydrogen-bond donors (Lipinski definition) is 1. The van der Waals surface area contributed by atoms with E-state index in [0.29, 0.717) is 24.2 Å². The van der Waals surface area contributed by atoms with Gasteiger partial charge in [-0.3, -0.25) is 19.7 Å². The summed E-state index contributed by atoms with van der Waals surface area (Å²) in [4.78, 5) is 37.5. The molecular weight excluding hydrogens is 392 g/mol. The van der Waals surface area contributed by atoms with Gasteiger partial charge in [0.05, 0.1) is 19.5 Å². The lowest BCUT2D eigenvalue weighted by Gasteiger charge is -2.39. The first-order chi connectivity index (χ1) is 14.7. The number of ether oxygens (including phenoxy) is 1. The van der Waals surface area contributed by atoms with Crippen molar-refractivity contribution < 1.29 is 19.1 Å². The van der Waals surface area contributed by atoms with Crippen LogP contribution in [0.25, 0.3) is 6.08 Å². The number of rotatable bonds is 4. The van der Waals surface area contributed by atoms with Crippen LogP contribution in [0.15, 0.2) is 54.1 Å². The van der Waals surface area contributed by atoms with Crippen molar-refractivity contribution in [3.05, 3.63) is 70.8 Å². The van der Waals surface area contributed by atoms with Gasteiger partial charge in [0.15, 0.2) is 0 Å². The summed E-state index contributed by atoms with van der Waals surface area (Å²) in [6, 6.07) is 15.1. The highest BCUT2D eigenvalue weighted by Gasteiger charge is 2.34. The monoisotopic (exact) mass is 418 g/mol. The number of amides is 3. The number of likely N-dealkylation sites (tertiary alicyclic amines) is 1. The average molecular weight is 418 g/mol. The summed E-state index contributed by atoms with van der Waals surface area (Å²) >= 11 is 0. The largest absolute Gasteiger partial charge is 0.486 e. The number of para-hydroxylation sites is 1. The first kappa shape index (κ1) is 20.8. The predicted octanol–water partition coefficient (Wildman–Crippen LogP) is 3.32. The summed E-state index contributed by atoms with van der Waals surface area (Å²) in [6.45, 7) is 7.56. The van der Waals surface area contributed by atoms with Crippen molar-refractivity contribution in [2.45, 2.75) is 38.7 Å². The minimum atomic E-state index is -0.357. The number of carbonyl (C=O) groups excluding carboxylic acids is 3. The third-order valence-corrected chi connectivity index (χ3v) is 5.52. The van der Waals surface area contributed by atoms with E-state index in [2.05, 4.69) is 32.2 Å². The number of imide groups is 1. The Labute approximate surface area is 181 Å². The van der Waals surface area contributed by atoms with E-state index in [4.69, 9.17) is 4.74 Å². The van der Waals surface area contributed by atoms with Crippen molar-refractivity contribution in [1.29, 1.82) is 0 Å².